The molecule has 1 saturated carbocycles. The first-order valence-corrected chi connectivity index (χ1v) is 10.2. The maximum atomic E-state index is 5.67. The molecule has 1 aromatic rings. The molecule has 5 heterocycles. The van der Waals surface area contributed by atoms with Crippen LogP contribution < -0.4 is 9.47 Å². The Kier molecular flexibility index (Phi) is 3.34. The van der Waals surface area contributed by atoms with Crippen LogP contribution in [0.4, 0.5) is 0 Å². The van der Waals surface area contributed by atoms with Crippen molar-refractivity contribution in [2.24, 2.45) is 11.8 Å². The minimum atomic E-state index is 0.373. The highest BCUT2D eigenvalue weighted by atomic mass is 16.7. The molecule has 0 aromatic heterocycles. The normalized spacial score (nSPS) is 39.4. The summed E-state index contributed by atoms with van der Waals surface area (Å²) in [5.74, 6) is 4.38. The molecule has 0 unspecified atom stereocenters. The molecule has 5 fully saturated rings. The van der Waals surface area contributed by atoms with Gasteiger partial charge in [0.05, 0.1) is 0 Å². The lowest BCUT2D eigenvalue weighted by atomic mass is 9.75. The number of piperidine rings is 3. The molecular formula is C21H28N2O2. The van der Waals surface area contributed by atoms with Gasteiger partial charge in [0.15, 0.2) is 11.5 Å². The van der Waals surface area contributed by atoms with Crippen molar-refractivity contribution in [3.05, 3.63) is 23.8 Å². The second-order valence-electron chi connectivity index (χ2n) is 8.82. The quantitative estimate of drug-likeness (QED) is 0.844. The Hall–Kier alpha value is -1.26. The van der Waals surface area contributed by atoms with Gasteiger partial charge in [0.25, 0.3) is 0 Å². The van der Waals surface area contributed by atoms with Gasteiger partial charge in [-0.15, -0.1) is 0 Å². The van der Waals surface area contributed by atoms with Gasteiger partial charge in [0, 0.05) is 31.1 Å². The molecule has 0 amide bonds. The van der Waals surface area contributed by atoms with E-state index in [-0.39, 0.29) is 0 Å². The second-order valence-corrected chi connectivity index (χ2v) is 8.82. The summed E-state index contributed by atoms with van der Waals surface area (Å²) in [6.45, 7) is 5.57. The van der Waals surface area contributed by atoms with Crippen molar-refractivity contribution in [3.8, 4) is 11.5 Å². The second kappa shape index (κ2) is 5.62. The maximum absolute atomic E-state index is 5.67. The van der Waals surface area contributed by atoms with Crippen LogP contribution in [0, 0.1) is 11.8 Å². The van der Waals surface area contributed by atoms with E-state index in [1.807, 2.05) is 0 Å². The number of hydrogen-bond donors (Lipinski definition) is 0. The fourth-order valence-corrected chi connectivity index (χ4v) is 6.19. The third-order valence-corrected chi connectivity index (χ3v) is 7.64. The summed E-state index contributed by atoms with van der Waals surface area (Å²) in [7, 11) is 0. The van der Waals surface area contributed by atoms with E-state index in [2.05, 4.69) is 28.0 Å². The van der Waals surface area contributed by atoms with Crippen LogP contribution in [0.2, 0.25) is 0 Å². The third-order valence-electron chi connectivity index (χ3n) is 7.64. The van der Waals surface area contributed by atoms with Crippen molar-refractivity contribution in [2.75, 3.05) is 33.0 Å². The van der Waals surface area contributed by atoms with Crippen molar-refractivity contribution >= 4 is 0 Å². The Morgan fingerprint density at radius 2 is 1.80 bits per heavy atom. The monoisotopic (exact) mass is 340 g/mol. The summed E-state index contributed by atoms with van der Waals surface area (Å²) in [4.78, 5) is 5.69. The summed E-state index contributed by atoms with van der Waals surface area (Å²) in [6.07, 6.45) is 7.19. The topological polar surface area (TPSA) is 24.9 Å². The van der Waals surface area contributed by atoms with Crippen LogP contribution in [0.3, 0.4) is 0 Å². The van der Waals surface area contributed by atoms with Gasteiger partial charge in [-0.2, -0.15) is 0 Å². The summed E-state index contributed by atoms with van der Waals surface area (Å²) in [5.41, 5.74) is 1.46. The SMILES string of the molecule is c1cc2c(cc1[C@@H]1CN(CC3CCC3)[C@@H]3C4CCN(CC4)[C@@H]31)OCO2. The standard InChI is InChI=1S/C21H28N2O2/c1-2-14(3-1)11-23-12-17(16-4-5-18-19(10-16)25-13-24-18)21-20(23)15-6-8-22(21)9-7-15/h4-5,10,14-15,17,20-21H,1-3,6-9,11-13H2/t17-,20+,21+/m0/s1. The lowest BCUT2D eigenvalue weighted by Gasteiger charge is -2.52. The Bertz CT molecular complexity index is 666. The van der Waals surface area contributed by atoms with E-state index >= 15 is 0 Å². The van der Waals surface area contributed by atoms with E-state index in [9.17, 15) is 0 Å². The van der Waals surface area contributed by atoms with Gasteiger partial charge in [-0.25, -0.2) is 0 Å². The molecule has 134 valence electrons. The number of ether oxygens (including phenoxy) is 2. The Labute approximate surface area is 150 Å². The zero-order chi connectivity index (χ0) is 16.4. The van der Waals surface area contributed by atoms with E-state index in [0.29, 0.717) is 18.8 Å². The van der Waals surface area contributed by atoms with E-state index in [4.69, 9.17) is 9.47 Å². The molecule has 2 bridgehead atoms. The number of likely N-dealkylation sites (tertiary alicyclic amines) is 1. The lowest BCUT2D eigenvalue weighted by molar-refractivity contribution is -0.0134. The molecule has 0 spiro atoms. The minimum absolute atomic E-state index is 0.373. The fourth-order valence-electron chi connectivity index (χ4n) is 6.19. The van der Waals surface area contributed by atoms with Crippen LogP contribution in [0.15, 0.2) is 18.2 Å². The molecule has 7 rings (SSSR count). The number of fused-ring (bicyclic) bond motifs is 3. The molecule has 1 aromatic carbocycles. The molecule has 4 heteroatoms. The minimum Gasteiger partial charge on any atom is -0.454 e. The zero-order valence-corrected chi connectivity index (χ0v) is 14.9. The van der Waals surface area contributed by atoms with Gasteiger partial charge in [-0.05, 0) is 68.3 Å². The molecule has 4 nitrogen and oxygen atoms in total. The Morgan fingerprint density at radius 3 is 2.60 bits per heavy atom. The Balaban J connectivity index is 1.33. The van der Waals surface area contributed by atoms with Crippen LogP contribution in [-0.2, 0) is 0 Å². The zero-order valence-electron chi connectivity index (χ0n) is 14.9. The molecule has 1 aliphatic carbocycles. The molecule has 3 atom stereocenters. The lowest BCUT2D eigenvalue weighted by Crippen LogP contribution is -2.60. The Morgan fingerprint density at radius 1 is 0.960 bits per heavy atom. The summed E-state index contributed by atoms with van der Waals surface area (Å²) < 4.78 is 11.2. The molecule has 4 saturated heterocycles. The van der Waals surface area contributed by atoms with Crippen molar-refractivity contribution in [2.45, 2.75) is 50.1 Å². The third kappa shape index (κ3) is 2.26. The summed E-state index contributed by atoms with van der Waals surface area (Å²) in [6, 6.07) is 8.19. The maximum Gasteiger partial charge on any atom is 0.231 e. The average molecular weight is 340 g/mol. The van der Waals surface area contributed by atoms with Gasteiger partial charge in [-0.3, -0.25) is 9.80 Å². The first-order chi connectivity index (χ1) is 12.4. The first-order valence-electron chi connectivity index (χ1n) is 10.2. The van der Waals surface area contributed by atoms with Crippen molar-refractivity contribution in [3.63, 3.8) is 0 Å². The van der Waals surface area contributed by atoms with Gasteiger partial charge in [0.2, 0.25) is 6.79 Å². The van der Waals surface area contributed by atoms with E-state index < -0.39 is 0 Å². The molecule has 6 aliphatic rings. The largest absolute Gasteiger partial charge is 0.454 e. The predicted molar refractivity (Wildman–Crippen MR) is 96.1 cm³/mol. The highest BCUT2D eigenvalue weighted by Gasteiger charge is 2.53. The van der Waals surface area contributed by atoms with Crippen LogP contribution in [0.25, 0.3) is 0 Å². The molecular weight excluding hydrogens is 312 g/mol. The number of benzene rings is 1. The van der Waals surface area contributed by atoms with E-state index in [1.54, 1.807) is 0 Å². The van der Waals surface area contributed by atoms with Gasteiger partial charge in [-0.1, -0.05) is 12.5 Å². The van der Waals surface area contributed by atoms with Crippen LogP contribution in [0.5, 0.6) is 11.5 Å². The molecule has 0 N–H and O–H groups in total. The van der Waals surface area contributed by atoms with Crippen LogP contribution in [-0.4, -0.2) is 54.9 Å². The average Bonchev–Trinajstić information content (AvgIpc) is 3.24. The van der Waals surface area contributed by atoms with Crippen LogP contribution >= 0.6 is 0 Å². The fraction of sp³-hybridized carbons (Fsp3) is 0.714. The summed E-state index contributed by atoms with van der Waals surface area (Å²) >= 11 is 0. The van der Waals surface area contributed by atoms with Crippen molar-refractivity contribution in [1.29, 1.82) is 0 Å². The molecule has 5 aliphatic heterocycles. The van der Waals surface area contributed by atoms with E-state index in [1.165, 1.54) is 63.8 Å². The first kappa shape index (κ1) is 14.9. The molecule has 0 radical (unpaired) electrons. The summed E-state index contributed by atoms with van der Waals surface area (Å²) in [5, 5.41) is 0. The predicted octanol–water partition coefficient (Wildman–Crippen LogP) is 3.08. The van der Waals surface area contributed by atoms with Crippen molar-refractivity contribution in [1.82, 2.24) is 9.80 Å². The highest BCUT2D eigenvalue weighted by Crippen LogP contribution is 2.48. The highest BCUT2D eigenvalue weighted by molar-refractivity contribution is 5.46. The van der Waals surface area contributed by atoms with Gasteiger partial charge < -0.3 is 9.47 Å². The van der Waals surface area contributed by atoms with E-state index in [0.717, 1.165) is 29.4 Å². The molecule has 25 heavy (non-hydrogen) atoms. The van der Waals surface area contributed by atoms with Gasteiger partial charge >= 0.3 is 0 Å². The van der Waals surface area contributed by atoms with Crippen molar-refractivity contribution < 1.29 is 9.47 Å². The van der Waals surface area contributed by atoms with Gasteiger partial charge in [0.1, 0.15) is 0 Å². The van der Waals surface area contributed by atoms with Crippen LogP contribution in [0.1, 0.15) is 43.6 Å². The smallest absolute Gasteiger partial charge is 0.231 e. The number of nitrogens with zero attached hydrogens (tertiary/aromatic N) is 2. The number of rotatable bonds is 3. The number of hydrogen-bond acceptors (Lipinski definition) is 4.